The van der Waals surface area contributed by atoms with Crippen LogP contribution in [0.15, 0.2) is 48.5 Å². The fourth-order valence-corrected chi connectivity index (χ4v) is 5.61. The van der Waals surface area contributed by atoms with Crippen molar-refractivity contribution in [2.75, 3.05) is 51.7 Å². The topological polar surface area (TPSA) is 93.7 Å². The van der Waals surface area contributed by atoms with Crippen molar-refractivity contribution in [3.8, 4) is 0 Å². The second-order valence-corrected chi connectivity index (χ2v) is 11.2. The molecule has 11 heteroatoms. The number of fused-ring (bicyclic) bond motifs is 1. The molecule has 0 aromatic heterocycles. The molecular formula is C29H34ClN5O5. The summed E-state index contributed by atoms with van der Waals surface area (Å²) < 4.78 is 0. The highest BCUT2D eigenvalue weighted by molar-refractivity contribution is 6.30. The lowest BCUT2D eigenvalue weighted by Crippen LogP contribution is -2.54. The first-order valence-electron chi connectivity index (χ1n) is 13.6. The molecule has 5 amide bonds. The molecule has 2 aromatic carbocycles. The van der Waals surface area contributed by atoms with Crippen LogP contribution in [-0.4, -0.2) is 96.6 Å². The van der Waals surface area contributed by atoms with E-state index in [9.17, 15) is 19.2 Å². The highest BCUT2D eigenvalue weighted by Crippen LogP contribution is 2.27. The molecule has 212 valence electrons. The van der Waals surface area contributed by atoms with Crippen LogP contribution in [0.25, 0.3) is 0 Å². The minimum absolute atomic E-state index is 0.0475. The SMILES string of the molecule is CN(C)c1ccc(C(=O)N2CCN3C(=O)N(OC(=O)N4CCC(CCc5ccc(Cl)cc5)CC4)C(=O)[C@@H]3C2)cc1. The number of hydrogen-bond donors (Lipinski definition) is 0. The molecule has 0 bridgehead atoms. The van der Waals surface area contributed by atoms with Crippen molar-refractivity contribution in [2.45, 2.75) is 31.7 Å². The Labute approximate surface area is 238 Å². The van der Waals surface area contributed by atoms with Gasteiger partial charge in [0.15, 0.2) is 0 Å². The molecule has 0 radical (unpaired) electrons. The predicted octanol–water partition coefficient (Wildman–Crippen LogP) is 3.89. The number of likely N-dealkylation sites (tertiary alicyclic amines) is 1. The number of halogens is 1. The first kappa shape index (κ1) is 27.8. The van der Waals surface area contributed by atoms with Gasteiger partial charge in [-0.05, 0) is 73.6 Å². The Morgan fingerprint density at radius 1 is 0.925 bits per heavy atom. The number of benzene rings is 2. The number of piperidine rings is 1. The van der Waals surface area contributed by atoms with Crippen molar-refractivity contribution < 1.29 is 24.0 Å². The Morgan fingerprint density at radius 3 is 2.25 bits per heavy atom. The molecule has 40 heavy (non-hydrogen) atoms. The molecule has 0 N–H and O–H groups in total. The molecule has 3 aliphatic heterocycles. The maximum Gasteiger partial charge on any atom is 0.434 e. The van der Waals surface area contributed by atoms with E-state index in [0.717, 1.165) is 36.4 Å². The zero-order valence-electron chi connectivity index (χ0n) is 22.8. The number of rotatable bonds is 6. The van der Waals surface area contributed by atoms with E-state index in [2.05, 4.69) is 0 Å². The van der Waals surface area contributed by atoms with E-state index in [1.807, 2.05) is 55.4 Å². The summed E-state index contributed by atoms with van der Waals surface area (Å²) in [7, 11) is 3.84. The molecule has 0 aliphatic carbocycles. The fraction of sp³-hybridized carbons (Fsp3) is 0.448. The first-order valence-corrected chi connectivity index (χ1v) is 14.0. The van der Waals surface area contributed by atoms with Crippen molar-refractivity contribution in [1.29, 1.82) is 0 Å². The number of carbonyl (C=O) groups is 4. The van der Waals surface area contributed by atoms with Gasteiger partial charge in [0, 0.05) is 56.5 Å². The summed E-state index contributed by atoms with van der Waals surface area (Å²) in [6.45, 7) is 1.52. The second kappa shape index (κ2) is 11.8. The van der Waals surface area contributed by atoms with E-state index in [4.69, 9.17) is 16.4 Å². The number of nitrogens with zero attached hydrogens (tertiary/aromatic N) is 5. The highest BCUT2D eigenvalue weighted by Gasteiger charge is 2.51. The van der Waals surface area contributed by atoms with Gasteiger partial charge < -0.3 is 24.4 Å². The Bertz CT molecular complexity index is 1260. The van der Waals surface area contributed by atoms with E-state index in [0.29, 0.717) is 29.6 Å². The molecule has 0 saturated carbocycles. The van der Waals surface area contributed by atoms with Crippen LogP contribution in [0.5, 0.6) is 0 Å². The van der Waals surface area contributed by atoms with Gasteiger partial charge in [-0.25, -0.2) is 9.59 Å². The summed E-state index contributed by atoms with van der Waals surface area (Å²) >= 11 is 5.96. The maximum atomic E-state index is 13.1. The monoisotopic (exact) mass is 567 g/mol. The second-order valence-electron chi connectivity index (χ2n) is 10.8. The average molecular weight is 568 g/mol. The minimum atomic E-state index is -0.877. The standard InChI is InChI=1S/C29H34ClN5O5/c1-31(2)24-11-7-22(8-12-24)26(36)33-17-18-34-25(19-33)27(37)35(28(34)38)40-29(39)32-15-13-21(14-16-32)4-3-20-5-9-23(30)10-6-20/h5-12,21,25H,3-4,13-19H2,1-2H3/t25-/m0/s1. The van der Waals surface area contributed by atoms with Gasteiger partial charge in [0.25, 0.3) is 11.8 Å². The van der Waals surface area contributed by atoms with Gasteiger partial charge in [0.2, 0.25) is 0 Å². The van der Waals surface area contributed by atoms with Gasteiger partial charge in [0.1, 0.15) is 6.04 Å². The summed E-state index contributed by atoms with van der Waals surface area (Å²) in [6.07, 6.45) is 2.91. The molecule has 1 atom stereocenters. The van der Waals surface area contributed by atoms with Crippen LogP contribution in [0.1, 0.15) is 35.2 Å². The van der Waals surface area contributed by atoms with E-state index in [1.54, 1.807) is 21.9 Å². The Kier molecular flexibility index (Phi) is 8.16. The molecule has 3 saturated heterocycles. The van der Waals surface area contributed by atoms with E-state index in [-0.39, 0.29) is 25.5 Å². The van der Waals surface area contributed by atoms with Crippen molar-refractivity contribution >= 4 is 41.2 Å². The van der Waals surface area contributed by atoms with Gasteiger partial charge in [-0.2, -0.15) is 0 Å². The number of imide groups is 1. The largest absolute Gasteiger partial charge is 0.434 e. The van der Waals surface area contributed by atoms with Crippen molar-refractivity contribution in [1.82, 2.24) is 19.8 Å². The quantitative estimate of drug-likeness (QED) is 0.492. The van der Waals surface area contributed by atoms with E-state index < -0.39 is 24.1 Å². The Morgan fingerprint density at radius 2 is 1.60 bits per heavy atom. The lowest BCUT2D eigenvalue weighted by atomic mass is 9.91. The summed E-state index contributed by atoms with van der Waals surface area (Å²) in [5.41, 5.74) is 2.71. The van der Waals surface area contributed by atoms with Crippen LogP contribution in [0, 0.1) is 5.92 Å². The predicted molar refractivity (Wildman–Crippen MR) is 150 cm³/mol. The molecule has 0 spiro atoms. The zero-order valence-corrected chi connectivity index (χ0v) is 23.5. The summed E-state index contributed by atoms with van der Waals surface area (Å²) in [4.78, 5) is 63.7. The van der Waals surface area contributed by atoms with Crippen LogP contribution in [0.2, 0.25) is 5.02 Å². The first-order chi connectivity index (χ1) is 19.2. The molecule has 3 aliphatic rings. The van der Waals surface area contributed by atoms with Crippen molar-refractivity contribution in [3.05, 3.63) is 64.7 Å². The third-order valence-corrected chi connectivity index (χ3v) is 8.25. The number of anilines is 1. The number of carbonyl (C=O) groups excluding carboxylic acids is 4. The van der Waals surface area contributed by atoms with Crippen LogP contribution >= 0.6 is 11.6 Å². The molecular weight excluding hydrogens is 534 g/mol. The molecule has 3 heterocycles. The van der Waals surface area contributed by atoms with Gasteiger partial charge in [-0.3, -0.25) is 9.59 Å². The molecule has 10 nitrogen and oxygen atoms in total. The summed E-state index contributed by atoms with van der Waals surface area (Å²) in [5.74, 6) is -0.359. The molecule has 0 unspecified atom stereocenters. The smallest absolute Gasteiger partial charge is 0.378 e. The number of amides is 5. The van der Waals surface area contributed by atoms with Crippen molar-refractivity contribution in [3.63, 3.8) is 0 Å². The Balaban J connectivity index is 1.12. The van der Waals surface area contributed by atoms with Crippen LogP contribution in [0.4, 0.5) is 15.3 Å². The minimum Gasteiger partial charge on any atom is -0.378 e. The molecule has 2 aromatic rings. The van der Waals surface area contributed by atoms with Crippen molar-refractivity contribution in [2.24, 2.45) is 5.92 Å². The van der Waals surface area contributed by atoms with Crippen LogP contribution < -0.4 is 4.90 Å². The lowest BCUT2D eigenvalue weighted by molar-refractivity contribution is -0.152. The number of piperazine rings is 1. The number of urea groups is 1. The van der Waals surface area contributed by atoms with Gasteiger partial charge in [-0.15, -0.1) is 0 Å². The number of hydroxylamine groups is 2. The van der Waals surface area contributed by atoms with Crippen LogP contribution in [-0.2, 0) is 16.1 Å². The van der Waals surface area contributed by atoms with Gasteiger partial charge in [-0.1, -0.05) is 28.8 Å². The normalized spacial score (nSPS) is 19.6. The van der Waals surface area contributed by atoms with Gasteiger partial charge in [0.05, 0.1) is 6.54 Å². The van der Waals surface area contributed by atoms with Gasteiger partial charge >= 0.3 is 12.1 Å². The zero-order chi connectivity index (χ0) is 28.4. The Hall–Kier alpha value is -3.79. The average Bonchev–Trinajstić information content (AvgIpc) is 3.21. The van der Waals surface area contributed by atoms with E-state index in [1.165, 1.54) is 10.5 Å². The summed E-state index contributed by atoms with van der Waals surface area (Å²) in [6, 6.07) is 13.5. The summed E-state index contributed by atoms with van der Waals surface area (Å²) in [5, 5.41) is 1.29. The number of aryl methyl sites for hydroxylation is 1. The molecule has 3 fully saturated rings. The molecule has 5 rings (SSSR count). The third-order valence-electron chi connectivity index (χ3n) is 8.00. The third kappa shape index (κ3) is 5.86. The van der Waals surface area contributed by atoms with E-state index >= 15 is 0 Å². The van der Waals surface area contributed by atoms with Crippen LogP contribution in [0.3, 0.4) is 0 Å². The fourth-order valence-electron chi connectivity index (χ4n) is 5.48. The maximum absolute atomic E-state index is 13.1. The highest BCUT2D eigenvalue weighted by atomic mass is 35.5. The number of hydrogen-bond acceptors (Lipinski definition) is 6. The lowest BCUT2D eigenvalue weighted by Gasteiger charge is -2.35.